The van der Waals surface area contributed by atoms with E-state index in [0.29, 0.717) is 11.5 Å². The van der Waals surface area contributed by atoms with Gasteiger partial charge < -0.3 is 10.8 Å². The Hall–Kier alpha value is -0.980. The Bertz CT molecular complexity index is 456. The van der Waals surface area contributed by atoms with E-state index in [9.17, 15) is 0 Å². The lowest BCUT2D eigenvalue weighted by atomic mass is 10.2. The molecular weight excluding hydrogens is 248 g/mol. The monoisotopic (exact) mass is 256 g/mol. The van der Waals surface area contributed by atoms with E-state index in [4.69, 9.17) is 10.8 Å². The van der Waals surface area contributed by atoms with Crippen molar-refractivity contribution in [2.75, 3.05) is 6.61 Å². The van der Waals surface area contributed by atoms with Gasteiger partial charge in [-0.25, -0.2) is 9.97 Å². The molecular formula is C8H9BrN4O. The van der Waals surface area contributed by atoms with Gasteiger partial charge in [-0.3, -0.25) is 4.40 Å². The molecule has 0 aliphatic heterocycles. The van der Waals surface area contributed by atoms with Crippen molar-refractivity contribution in [1.82, 2.24) is 14.4 Å². The molecule has 2 aromatic heterocycles. The second-order valence-electron chi connectivity index (χ2n) is 2.89. The molecule has 6 heteroatoms. The summed E-state index contributed by atoms with van der Waals surface area (Å²) in [5.74, 6) is 0.568. The quantitative estimate of drug-likeness (QED) is 0.820. The van der Waals surface area contributed by atoms with Crippen molar-refractivity contribution in [3.8, 4) is 0 Å². The fourth-order valence-electron chi connectivity index (χ4n) is 1.16. The van der Waals surface area contributed by atoms with Gasteiger partial charge in [-0.15, -0.1) is 0 Å². The number of rotatable bonds is 2. The molecule has 74 valence electrons. The first-order chi connectivity index (χ1) is 6.72. The van der Waals surface area contributed by atoms with Gasteiger partial charge in [0.15, 0.2) is 0 Å². The molecule has 2 heterocycles. The molecule has 0 fully saturated rings. The van der Waals surface area contributed by atoms with Crippen molar-refractivity contribution in [3.05, 3.63) is 28.8 Å². The minimum Gasteiger partial charge on any atom is -0.394 e. The van der Waals surface area contributed by atoms with Crippen LogP contribution in [0.4, 0.5) is 0 Å². The van der Waals surface area contributed by atoms with E-state index in [2.05, 4.69) is 25.9 Å². The number of hydrogen-bond donors (Lipinski definition) is 2. The number of aliphatic hydroxyl groups is 1. The Morgan fingerprint density at radius 2 is 2.43 bits per heavy atom. The highest BCUT2D eigenvalue weighted by molar-refractivity contribution is 9.10. The van der Waals surface area contributed by atoms with Crippen molar-refractivity contribution >= 4 is 21.7 Å². The Labute approximate surface area is 88.7 Å². The summed E-state index contributed by atoms with van der Waals surface area (Å²) >= 11 is 3.33. The molecule has 14 heavy (non-hydrogen) atoms. The lowest BCUT2D eigenvalue weighted by Crippen LogP contribution is -2.16. The van der Waals surface area contributed by atoms with Gasteiger partial charge >= 0.3 is 0 Å². The topological polar surface area (TPSA) is 76.4 Å². The summed E-state index contributed by atoms with van der Waals surface area (Å²) in [5.41, 5.74) is 6.27. The largest absolute Gasteiger partial charge is 0.394 e. The van der Waals surface area contributed by atoms with Crippen LogP contribution >= 0.6 is 15.9 Å². The van der Waals surface area contributed by atoms with E-state index < -0.39 is 6.04 Å². The SMILES string of the molecule is NC(CO)c1ccn2c(Br)cnc2n1. The number of hydrogen-bond acceptors (Lipinski definition) is 4. The second-order valence-corrected chi connectivity index (χ2v) is 3.70. The Morgan fingerprint density at radius 1 is 1.64 bits per heavy atom. The first kappa shape index (κ1) is 9.57. The van der Waals surface area contributed by atoms with Crippen molar-refractivity contribution in [1.29, 1.82) is 0 Å². The molecule has 0 spiro atoms. The Kier molecular flexibility index (Phi) is 2.49. The van der Waals surface area contributed by atoms with Gasteiger partial charge in [-0.2, -0.15) is 0 Å². The van der Waals surface area contributed by atoms with Gasteiger partial charge in [-0.05, 0) is 22.0 Å². The second kappa shape index (κ2) is 3.64. The summed E-state index contributed by atoms with van der Waals surface area (Å²) in [5, 5.41) is 8.86. The minimum atomic E-state index is -0.449. The van der Waals surface area contributed by atoms with E-state index in [1.807, 2.05) is 6.20 Å². The molecule has 0 radical (unpaired) electrons. The normalized spacial score (nSPS) is 13.4. The molecule has 0 saturated carbocycles. The summed E-state index contributed by atoms with van der Waals surface area (Å²) < 4.78 is 2.62. The van der Waals surface area contributed by atoms with Crippen molar-refractivity contribution in [2.24, 2.45) is 5.73 Å². The number of nitrogens with zero attached hydrogens (tertiary/aromatic N) is 3. The fraction of sp³-hybridized carbons (Fsp3) is 0.250. The van der Waals surface area contributed by atoms with Crippen LogP contribution in [0, 0.1) is 0 Å². The zero-order valence-corrected chi connectivity index (χ0v) is 8.85. The first-order valence-corrected chi connectivity index (χ1v) is 4.87. The van der Waals surface area contributed by atoms with Crippen LogP contribution in [0.3, 0.4) is 0 Å². The van der Waals surface area contributed by atoms with Crippen LogP contribution in [0.25, 0.3) is 5.78 Å². The standard InChI is InChI=1S/C8H9BrN4O/c9-7-3-11-8-12-6(5(10)4-14)1-2-13(7)8/h1-3,5,14H,4,10H2. The van der Waals surface area contributed by atoms with Crippen LogP contribution in [0.1, 0.15) is 11.7 Å². The zero-order chi connectivity index (χ0) is 10.1. The lowest BCUT2D eigenvalue weighted by molar-refractivity contribution is 0.266. The third kappa shape index (κ3) is 1.52. The molecule has 1 atom stereocenters. The van der Waals surface area contributed by atoms with E-state index in [1.54, 1.807) is 16.7 Å². The molecule has 0 amide bonds. The Morgan fingerprint density at radius 3 is 3.14 bits per heavy atom. The number of aromatic nitrogens is 3. The van der Waals surface area contributed by atoms with Crippen LogP contribution in [0.15, 0.2) is 23.1 Å². The van der Waals surface area contributed by atoms with E-state index in [0.717, 1.165) is 4.60 Å². The summed E-state index contributed by atoms with van der Waals surface area (Å²) in [6.45, 7) is -0.120. The first-order valence-electron chi connectivity index (χ1n) is 4.08. The van der Waals surface area contributed by atoms with Crippen molar-refractivity contribution < 1.29 is 5.11 Å². The molecule has 1 unspecified atom stereocenters. The average Bonchev–Trinajstić information content (AvgIpc) is 2.59. The lowest BCUT2D eigenvalue weighted by Gasteiger charge is -2.06. The summed E-state index contributed by atoms with van der Waals surface area (Å²) in [6.07, 6.45) is 3.47. The van der Waals surface area contributed by atoms with Crippen molar-refractivity contribution in [2.45, 2.75) is 6.04 Å². The number of fused-ring (bicyclic) bond motifs is 1. The smallest absolute Gasteiger partial charge is 0.234 e. The number of imidazole rings is 1. The summed E-state index contributed by atoms with van der Waals surface area (Å²) in [6, 6.07) is 1.32. The number of nitrogens with two attached hydrogens (primary N) is 1. The molecule has 0 saturated heterocycles. The predicted octanol–water partition coefficient (Wildman–Crippen LogP) is 0.484. The Balaban J connectivity index is 2.52. The van der Waals surface area contributed by atoms with Gasteiger partial charge in [0.05, 0.1) is 24.5 Å². The van der Waals surface area contributed by atoms with E-state index in [-0.39, 0.29) is 6.61 Å². The van der Waals surface area contributed by atoms with Crippen LogP contribution in [-0.4, -0.2) is 26.1 Å². The third-order valence-corrected chi connectivity index (χ3v) is 2.52. The van der Waals surface area contributed by atoms with Crippen LogP contribution in [0.5, 0.6) is 0 Å². The van der Waals surface area contributed by atoms with Crippen LogP contribution < -0.4 is 5.73 Å². The molecule has 2 rings (SSSR count). The molecule has 0 bridgehead atoms. The zero-order valence-electron chi connectivity index (χ0n) is 7.26. The molecule has 5 nitrogen and oxygen atoms in total. The van der Waals surface area contributed by atoms with Crippen LogP contribution in [0.2, 0.25) is 0 Å². The molecule has 2 aromatic rings. The molecule has 0 aliphatic rings. The van der Waals surface area contributed by atoms with Gasteiger partial charge in [0.25, 0.3) is 0 Å². The van der Waals surface area contributed by atoms with E-state index >= 15 is 0 Å². The molecule has 0 aliphatic carbocycles. The van der Waals surface area contributed by atoms with Crippen LogP contribution in [-0.2, 0) is 0 Å². The highest BCUT2D eigenvalue weighted by atomic mass is 79.9. The summed E-state index contributed by atoms with van der Waals surface area (Å²) in [4.78, 5) is 8.27. The maximum atomic E-state index is 8.86. The third-order valence-electron chi connectivity index (χ3n) is 1.93. The maximum absolute atomic E-state index is 8.86. The van der Waals surface area contributed by atoms with Gasteiger partial charge in [-0.1, -0.05) is 0 Å². The summed E-state index contributed by atoms with van der Waals surface area (Å²) in [7, 11) is 0. The van der Waals surface area contributed by atoms with E-state index in [1.165, 1.54) is 0 Å². The highest BCUT2D eigenvalue weighted by Crippen LogP contribution is 2.13. The molecule has 3 N–H and O–H groups in total. The fourth-order valence-corrected chi connectivity index (χ4v) is 1.53. The van der Waals surface area contributed by atoms with Gasteiger partial charge in [0, 0.05) is 6.20 Å². The number of halogens is 1. The van der Waals surface area contributed by atoms with Gasteiger partial charge in [0.1, 0.15) is 4.60 Å². The van der Waals surface area contributed by atoms with Gasteiger partial charge in [0.2, 0.25) is 5.78 Å². The maximum Gasteiger partial charge on any atom is 0.234 e. The predicted molar refractivity (Wildman–Crippen MR) is 54.7 cm³/mol. The number of aliphatic hydroxyl groups excluding tert-OH is 1. The molecule has 0 aromatic carbocycles. The van der Waals surface area contributed by atoms with Crippen molar-refractivity contribution in [3.63, 3.8) is 0 Å². The minimum absolute atomic E-state index is 0.120. The average molecular weight is 257 g/mol. The highest BCUT2D eigenvalue weighted by Gasteiger charge is 2.08.